The van der Waals surface area contributed by atoms with Crippen molar-refractivity contribution in [1.29, 1.82) is 0 Å². The number of nitrogens with zero attached hydrogens (tertiary/aromatic N) is 1. The molecule has 4 rings (SSSR count). The van der Waals surface area contributed by atoms with Gasteiger partial charge in [0.1, 0.15) is 5.70 Å². The summed E-state index contributed by atoms with van der Waals surface area (Å²) in [6, 6.07) is 10.3. The van der Waals surface area contributed by atoms with E-state index in [1.54, 1.807) is 43.3 Å². The number of imide groups is 1. The van der Waals surface area contributed by atoms with Gasteiger partial charge in [0.05, 0.1) is 19.8 Å². The molecule has 2 heterocycles. The van der Waals surface area contributed by atoms with Crippen LogP contribution < -0.4 is 24.3 Å². The van der Waals surface area contributed by atoms with Crippen LogP contribution in [0.2, 0.25) is 0 Å². The van der Waals surface area contributed by atoms with Gasteiger partial charge in [0.15, 0.2) is 23.0 Å². The molecule has 2 aromatic rings. The summed E-state index contributed by atoms with van der Waals surface area (Å²) >= 11 is 0. The van der Waals surface area contributed by atoms with Crippen molar-refractivity contribution in [1.82, 2.24) is 4.90 Å². The summed E-state index contributed by atoms with van der Waals surface area (Å²) in [5.74, 6) is 1.45. The number of hydrogen-bond donors (Lipinski definition) is 1. The minimum absolute atomic E-state index is 0.152. The van der Waals surface area contributed by atoms with Gasteiger partial charge in [-0.25, -0.2) is 0 Å². The van der Waals surface area contributed by atoms with Crippen LogP contribution in [0.1, 0.15) is 12.5 Å². The lowest BCUT2D eigenvalue weighted by molar-refractivity contribution is -0.136. The number of ether oxygens (including phenoxy) is 4. The Morgan fingerprint density at radius 2 is 1.72 bits per heavy atom. The number of hydrogen-bond acceptors (Lipinski definition) is 7. The Hall–Kier alpha value is -3.68. The maximum Gasteiger partial charge on any atom is 0.278 e. The largest absolute Gasteiger partial charge is 0.493 e. The average molecular weight is 396 g/mol. The number of carbonyl (C=O) groups excluding carboxylic acids is 2. The Morgan fingerprint density at radius 1 is 0.966 bits per heavy atom. The molecular formula is C21H20N2O6. The van der Waals surface area contributed by atoms with E-state index in [1.807, 2.05) is 0 Å². The Labute approximate surface area is 167 Å². The normalized spacial score (nSPS) is 15.2. The first-order valence-corrected chi connectivity index (χ1v) is 9.07. The number of fused-ring (bicyclic) bond motifs is 1. The monoisotopic (exact) mass is 396 g/mol. The molecule has 0 unspecified atom stereocenters. The Bertz CT molecular complexity index is 1030. The van der Waals surface area contributed by atoms with Crippen molar-refractivity contribution in [3.63, 3.8) is 0 Å². The predicted molar refractivity (Wildman–Crippen MR) is 105 cm³/mol. The van der Waals surface area contributed by atoms with Crippen LogP contribution in [0.15, 0.2) is 42.1 Å². The second-order valence-corrected chi connectivity index (χ2v) is 6.37. The summed E-state index contributed by atoms with van der Waals surface area (Å²) in [6.07, 6.45) is 0. The maximum absolute atomic E-state index is 13.0. The van der Waals surface area contributed by atoms with Gasteiger partial charge in [-0.1, -0.05) is 6.07 Å². The van der Waals surface area contributed by atoms with E-state index in [2.05, 4.69) is 5.32 Å². The fourth-order valence-electron chi connectivity index (χ4n) is 3.36. The first-order valence-electron chi connectivity index (χ1n) is 9.07. The van der Waals surface area contributed by atoms with Crippen LogP contribution in [0.3, 0.4) is 0 Å². The van der Waals surface area contributed by atoms with Gasteiger partial charge in [-0.3, -0.25) is 14.5 Å². The smallest absolute Gasteiger partial charge is 0.278 e. The maximum atomic E-state index is 13.0. The number of benzene rings is 2. The van der Waals surface area contributed by atoms with E-state index in [1.165, 1.54) is 19.1 Å². The van der Waals surface area contributed by atoms with E-state index in [9.17, 15) is 9.59 Å². The number of amides is 2. The second-order valence-electron chi connectivity index (χ2n) is 6.37. The molecule has 2 amide bonds. The molecule has 0 aromatic heterocycles. The molecule has 0 fully saturated rings. The first kappa shape index (κ1) is 18.7. The zero-order valence-electron chi connectivity index (χ0n) is 16.3. The Morgan fingerprint density at radius 3 is 2.45 bits per heavy atom. The summed E-state index contributed by atoms with van der Waals surface area (Å²) in [7, 11) is 3.05. The molecule has 8 heteroatoms. The van der Waals surface area contributed by atoms with Crippen molar-refractivity contribution >= 4 is 23.1 Å². The van der Waals surface area contributed by atoms with Gasteiger partial charge >= 0.3 is 0 Å². The molecule has 0 radical (unpaired) electrons. The van der Waals surface area contributed by atoms with Crippen molar-refractivity contribution in [2.75, 3.05) is 32.9 Å². The third-order valence-corrected chi connectivity index (χ3v) is 4.80. The third-order valence-electron chi connectivity index (χ3n) is 4.80. The highest BCUT2D eigenvalue weighted by molar-refractivity contribution is 6.36. The molecule has 0 aliphatic carbocycles. The molecule has 0 saturated carbocycles. The standard InChI is InChI=1S/C21H20N2O6/c1-4-23-20(24)18(12-5-7-14(26-2)16(9-12)27-3)19(21(23)25)22-13-6-8-15-17(10-13)29-11-28-15/h5-10,22H,4,11H2,1-3H3. The van der Waals surface area contributed by atoms with Crippen LogP contribution in [-0.4, -0.2) is 44.3 Å². The summed E-state index contributed by atoms with van der Waals surface area (Å²) in [5, 5.41) is 3.09. The van der Waals surface area contributed by atoms with Crippen molar-refractivity contribution in [2.24, 2.45) is 0 Å². The molecule has 0 spiro atoms. The lowest BCUT2D eigenvalue weighted by Crippen LogP contribution is -2.32. The van der Waals surface area contributed by atoms with Crippen LogP contribution in [-0.2, 0) is 9.59 Å². The van der Waals surface area contributed by atoms with Crippen molar-refractivity contribution < 1.29 is 28.5 Å². The Balaban J connectivity index is 1.79. The lowest BCUT2D eigenvalue weighted by atomic mass is 10.0. The quantitative estimate of drug-likeness (QED) is 0.751. The predicted octanol–water partition coefficient (Wildman–Crippen LogP) is 2.64. The number of methoxy groups -OCH3 is 2. The number of likely N-dealkylation sites (N-methyl/N-ethyl adjacent to an activating group) is 1. The van der Waals surface area contributed by atoms with E-state index in [-0.39, 0.29) is 36.4 Å². The van der Waals surface area contributed by atoms with Gasteiger partial charge < -0.3 is 24.3 Å². The topological polar surface area (TPSA) is 86.3 Å². The summed E-state index contributed by atoms with van der Waals surface area (Å²) in [5.41, 5.74) is 1.64. The molecule has 0 saturated heterocycles. The van der Waals surface area contributed by atoms with Gasteiger partial charge in [0.25, 0.3) is 11.8 Å². The molecule has 1 N–H and O–H groups in total. The van der Waals surface area contributed by atoms with Gasteiger partial charge in [-0.2, -0.15) is 0 Å². The fourth-order valence-corrected chi connectivity index (χ4v) is 3.36. The minimum Gasteiger partial charge on any atom is -0.493 e. The number of anilines is 1. The highest BCUT2D eigenvalue weighted by atomic mass is 16.7. The van der Waals surface area contributed by atoms with Crippen LogP contribution in [0, 0.1) is 0 Å². The van der Waals surface area contributed by atoms with E-state index < -0.39 is 0 Å². The molecule has 29 heavy (non-hydrogen) atoms. The van der Waals surface area contributed by atoms with Crippen LogP contribution in [0.25, 0.3) is 5.57 Å². The van der Waals surface area contributed by atoms with E-state index >= 15 is 0 Å². The number of nitrogens with one attached hydrogen (secondary N) is 1. The number of carbonyl (C=O) groups is 2. The molecule has 0 atom stereocenters. The lowest BCUT2D eigenvalue weighted by Gasteiger charge is -2.12. The molecule has 2 aliphatic heterocycles. The number of rotatable bonds is 6. The van der Waals surface area contributed by atoms with Gasteiger partial charge in [0.2, 0.25) is 6.79 Å². The molecule has 150 valence electrons. The zero-order chi connectivity index (χ0) is 20.5. The van der Waals surface area contributed by atoms with Crippen LogP contribution in [0.4, 0.5) is 5.69 Å². The molecule has 2 aromatic carbocycles. The third kappa shape index (κ3) is 3.12. The van der Waals surface area contributed by atoms with E-state index in [0.29, 0.717) is 34.2 Å². The van der Waals surface area contributed by atoms with Crippen molar-refractivity contribution in [2.45, 2.75) is 6.92 Å². The van der Waals surface area contributed by atoms with Crippen LogP contribution >= 0.6 is 0 Å². The van der Waals surface area contributed by atoms with Gasteiger partial charge in [-0.15, -0.1) is 0 Å². The molecular weight excluding hydrogens is 376 g/mol. The Kier molecular flexibility index (Phi) is 4.75. The summed E-state index contributed by atoms with van der Waals surface area (Å²) in [4.78, 5) is 27.1. The average Bonchev–Trinajstić information content (AvgIpc) is 3.29. The SMILES string of the molecule is CCN1C(=O)C(Nc2ccc3c(c2)OCO3)=C(c2ccc(OC)c(OC)c2)C1=O. The highest BCUT2D eigenvalue weighted by Gasteiger charge is 2.38. The highest BCUT2D eigenvalue weighted by Crippen LogP contribution is 2.38. The minimum atomic E-state index is -0.389. The van der Waals surface area contributed by atoms with Crippen LogP contribution in [0.5, 0.6) is 23.0 Å². The fraction of sp³-hybridized carbons (Fsp3) is 0.238. The van der Waals surface area contributed by atoms with Gasteiger partial charge in [0, 0.05) is 18.3 Å². The van der Waals surface area contributed by atoms with Crippen molar-refractivity contribution in [3.8, 4) is 23.0 Å². The molecule has 8 nitrogen and oxygen atoms in total. The molecule has 0 bridgehead atoms. The van der Waals surface area contributed by atoms with Gasteiger partial charge in [-0.05, 0) is 36.8 Å². The van der Waals surface area contributed by atoms with E-state index in [0.717, 1.165) is 0 Å². The molecule has 2 aliphatic rings. The second kappa shape index (κ2) is 7.38. The zero-order valence-corrected chi connectivity index (χ0v) is 16.3. The summed E-state index contributed by atoms with van der Waals surface area (Å²) < 4.78 is 21.3. The van der Waals surface area contributed by atoms with E-state index in [4.69, 9.17) is 18.9 Å². The first-order chi connectivity index (χ1) is 14.1. The summed E-state index contributed by atoms with van der Waals surface area (Å²) in [6.45, 7) is 2.17. The van der Waals surface area contributed by atoms with Crippen molar-refractivity contribution in [3.05, 3.63) is 47.7 Å².